The average molecular weight is 394 g/mol. The van der Waals surface area contributed by atoms with Crippen molar-refractivity contribution >= 4 is 5.95 Å². The highest BCUT2D eigenvalue weighted by atomic mass is 16.5. The molecule has 1 N–H and O–H groups in total. The molecule has 2 aromatic carbocycles. The summed E-state index contributed by atoms with van der Waals surface area (Å²) in [4.78, 5) is 16.5. The minimum Gasteiger partial charge on any atom is -0.494 e. The molecule has 0 aliphatic carbocycles. The molecular formula is C24H31N3O2. The van der Waals surface area contributed by atoms with Gasteiger partial charge in [0, 0.05) is 20.2 Å². The van der Waals surface area contributed by atoms with Crippen molar-refractivity contribution in [1.82, 2.24) is 9.55 Å². The molecule has 0 aliphatic rings. The van der Waals surface area contributed by atoms with Crippen molar-refractivity contribution in [3.8, 4) is 16.9 Å². The van der Waals surface area contributed by atoms with Crippen LogP contribution in [0, 0.1) is 0 Å². The van der Waals surface area contributed by atoms with E-state index in [2.05, 4.69) is 46.7 Å². The van der Waals surface area contributed by atoms with Crippen molar-refractivity contribution in [3.63, 3.8) is 0 Å². The lowest BCUT2D eigenvalue weighted by molar-refractivity contribution is 0.340. The van der Waals surface area contributed by atoms with E-state index in [1.54, 1.807) is 20.2 Å². The normalized spacial score (nSPS) is 10.1. The van der Waals surface area contributed by atoms with Gasteiger partial charge < -0.3 is 10.1 Å². The summed E-state index contributed by atoms with van der Waals surface area (Å²) >= 11 is 0. The molecule has 0 radical (unpaired) electrons. The van der Waals surface area contributed by atoms with E-state index >= 15 is 0 Å². The van der Waals surface area contributed by atoms with Crippen LogP contribution in [0.2, 0.25) is 0 Å². The Bertz CT molecular complexity index is 963. The van der Waals surface area contributed by atoms with Gasteiger partial charge in [0.25, 0.3) is 5.56 Å². The molecule has 0 saturated carbocycles. The molecule has 0 aliphatic heterocycles. The lowest BCUT2D eigenvalue weighted by atomic mass is 10.0. The summed E-state index contributed by atoms with van der Waals surface area (Å²) in [5.41, 5.74) is 4.27. The fraction of sp³-hybridized carbons (Fsp3) is 0.333. The molecule has 0 atom stereocenters. The summed E-state index contributed by atoms with van der Waals surface area (Å²) in [6.45, 7) is 6.65. The Hall–Kier alpha value is -3.08. The van der Waals surface area contributed by atoms with Crippen LogP contribution in [0.15, 0.2) is 59.4 Å². The first-order valence-electron chi connectivity index (χ1n) is 10.2. The summed E-state index contributed by atoms with van der Waals surface area (Å²) in [5, 5.41) is 2.96. The molecule has 0 spiro atoms. The van der Waals surface area contributed by atoms with Crippen molar-refractivity contribution in [3.05, 3.63) is 76.2 Å². The molecule has 0 bridgehead atoms. The second-order valence-corrected chi connectivity index (χ2v) is 6.38. The Morgan fingerprint density at radius 1 is 1.00 bits per heavy atom. The fourth-order valence-corrected chi connectivity index (χ4v) is 3.01. The van der Waals surface area contributed by atoms with Crippen LogP contribution >= 0.6 is 0 Å². The molecule has 3 aromatic rings. The van der Waals surface area contributed by atoms with E-state index in [4.69, 9.17) is 4.74 Å². The number of nitrogens with zero attached hydrogens (tertiary/aromatic N) is 2. The van der Waals surface area contributed by atoms with Crippen LogP contribution in [0.1, 0.15) is 32.0 Å². The van der Waals surface area contributed by atoms with Crippen LogP contribution in [0.3, 0.4) is 0 Å². The van der Waals surface area contributed by atoms with Crippen molar-refractivity contribution < 1.29 is 4.74 Å². The Morgan fingerprint density at radius 2 is 1.72 bits per heavy atom. The van der Waals surface area contributed by atoms with E-state index in [0.717, 1.165) is 35.4 Å². The summed E-state index contributed by atoms with van der Waals surface area (Å²) in [6, 6.07) is 18.2. The summed E-state index contributed by atoms with van der Waals surface area (Å²) in [5.74, 6) is 1.47. The number of aromatic nitrogens is 2. The minimum absolute atomic E-state index is 0.0473. The van der Waals surface area contributed by atoms with Crippen LogP contribution in [0.25, 0.3) is 11.1 Å². The molecule has 0 fully saturated rings. The van der Waals surface area contributed by atoms with Crippen LogP contribution in [-0.4, -0.2) is 23.2 Å². The lowest BCUT2D eigenvalue weighted by Crippen LogP contribution is -2.21. The molecule has 3 rings (SSSR count). The zero-order valence-corrected chi connectivity index (χ0v) is 18.0. The van der Waals surface area contributed by atoms with Crippen LogP contribution in [-0.2, 0) is 19.9 Å². The van der Waals surface area contributed by atoms with Crippen molar-refractivity contribution in [1.29, 1.82) is 0 Å². The van der Waals surface area contributed by atoms with Crippen LogP contribution < -0.4 is 15.6 Å². The van der Waals surface area contributed by atoms with Gasteiger partial charge in [-0.05, 0) is 48.6 Å². The van der Waals surface area contributed by atoms with Gasteiger partial charge in [0.1, 0.15) is 5.75 Å². The third kappa shape index (κ3) is 5.95. The minimum atomic E-state index is -0.0473. The van der Waals surface area contributed by atoms with Gasteiger partial charge in [-0.2, -0.15) is 0 Å². The quantitative estimate of drug-likeness (QED) is 0.632. The van der Waals surface area contributed by atoms with Crippen molar-refractivity contribution in [2.45, 2.75) is 33.6 Å². The van der Waals surface area contributed by atoms with Crippen molar-refractivity contribution in [2.75, 3.05) is 19.0 Å². The smallest absolute Gasteiger partial charge is 0.254 e. The van der Waals surface area contributed by atoms with Gasteiger partial charge in [0.2, 0.25) is 5.95 Å². The largest absolute Gasteiger partial charge is 0.494 e. The van der Waals surface area contributed by atoms with Gasteiger partial charge in [-0.1, -0.05) is 50.2 Å². The predicted octanol–water partition coefficient (Wildman–Crippen LogP) is 4.70. The standard InChI is InChI=1S/C22H25N3O2.C2H6/c1-4-27-20-7-5-6-18(14-20)17-11-8-16(9-12-17)10-13-19-15-21(26)25(3)22(23-2)24-19;1-2/h5-9,11-12,14-15H,4,10,13H2,1-3H3,(H,23,24);1-2H3. The topological polar surface area (TPSA) is 56.1 Å². The molecule has 1 aromatic heterocycles. The number of hydrogen-bond acceptors (Lipinski definition) is 4. The summed E-state index contributed by atoms with van der Waals surface area (Å²) in [7, 11) is 3.48. The maximum atomic E-state index is 12.0. The van der Waals surface area contributed by atoms with E-state index in [0.29, 0.717) is 12.6 Å². The number of benzene rings is 2. The van der Waals surface area contributed by atoms with Crippen LogP contribution in [0.5, 0.6) is 5.75 Å². The van der Waals surface area contributed by atoms with E-state index in [9.17, 15) is 4.79 Å². The third-order valence-corrected chi connectivity index (χ3v) is 4.51. The first-order chi connectivity index (χ1) is 14.1. The van der Waals surface area contributed by atoms with Gasteiger partial charge in [0.15, 0.2) is 0 Å². The Balaban J connectivity index is 0.00000145. The highest BCUT2D eigenvalue weighted by molar-refractivity contribution is 5.65. The number of ether oxygens (including phenoxy) is 1. The molecule has 1 heterocycles. The molecule has 154 valence electrons. The number of nitrogens with one attached hydrogen (secondary N) is 1. The number of rotatable bonds is 7. The second-order valence-electron chi connectivity index (χ2n) is 6.38. The highest BCUT2D eigenvalue weighted by Crippen LogP contribution is 2.24. The first-order valence-corrected chi connectivity index (χ1v) is 10.2. The molecular weight excluding hydrogens is 362 g/mol. The number of aryl methyl sites for hydroxylation is 2. The molecule has 0 amide bonds. The maximum Gasteiger partial charge on any atom is 0.254 e. The fourth-order valence-electron chi connectivity index (χ4n) is 3.01. The maximum absolute atomic E-state index is 12.0. The Morgan fingerprint density at radius 3 is 2.38 bits per heavy atom. The first kappa shape index (κ1) is 22.2. The van der Waals surface area contributed by atoms with Gasteiger partial charge in [0.05, 0.1) is 12.3 Å². The third-order valence-electron chi connectivity index (χ3n) is 4.51. The van der Waals surface area contributed by atoms with Crippen LogP contribution in [0.4, 0.5) is 5.95 Å². The molecule has 5 heteroatoms. The lowest BCUT2D eigenvalue weighted by Gasteiger charge is -2.09. The van der Waals surface area contributed by atoms with E-state index in [-0.39, 0.29) is 5.56 Å². The Kier molecular flexibility index (Phi) is 8.46. The zero-order chi connectivity index (χ0) is 21.2. The van der Waals surface area contributed by atoms with Gasteiger partial charge in [-0.25, -0.2) is 4.98 Å². The summed E-state index contributed by atoms with van der Waals surface area (Å²) < 4.78 is 7.09. The second kappa shape index (κ2) is 11.1. The average Bonchev–Trinajstić information content (AvgIpc) is 2.76. The predicted molar refractivity (Wildman–Crippen MR) is 121 cm³/mol. The van der Waals surface area contributed by atoms with Gasteiger partial charge in [-0.3, -0.25) is 9.36 Å². The number of hydrogen-bond donors (Lipinski definition) is 1. The van der Waals surface area contributed by atoms with E-state index in [1.807, 2.05) is 32.9 Å². The van der Waals surface area contributed by atoms with Gasteiger partial charge >= 0.3 is 0 Å². The Labute approximate surface area is 173 Å². The zero-order valence-electron chi connectivity index (χ0n) is 18.0. The SMILES string of the molecule is CC.CCOc1cccc(-c2ccc(CCc3cc(=O)n(C)c(NC)n3)cc2)c1. The molecule has 5 nitrogen and oxygen atoms in total. The number of anilines is 1. The van der Waals surface area contributed by atoms with Crippen molar-refractivity contribution in [2.24, 2.45) is 7.05 Å². The molecule has 0 unspecified atom stereocenters. The van der Waals surface area contributed by atoms with E-state index in [1.165, 1.54) is 10.1 Å². The monoisotopic (exact) mass is 393 g/mol. The summed E-state index contributed by atoms with van der Waals surface area (Å²) in [6.07, 6.45) is 1.56. The van der Waals surface area contributed by atoms with Gasteiger partial charge in [-0.15, -0.1) is 0 Å². The highest BCUT2D eigenvalue weighted by Gasteiger charge is 2.05. The molecule has 29 heavy (non-hydrogen) atoms. The molecule has 0 saturated heterocycles. The van der Waals surface area contributed by atoms with E-state index < -0.39 is 0 Å².